The lowest BCUT2D eigenvalue weighted by Crippen LogP contribution is -2.52. The van der Waals surface area contributed by atoms with Crippen LogP contribution in [0.25, 0.3) is 12.2 Å². The van der Waals surface area contributed by atoms with Crippen molar-refractivity contribution in [3.63, 3.8) is 0 Å². The molecule has 1 fully saturated rings. The number of hydrogen-bond donors (Lipinski definition) is 1. The summed E-state index contributed by atoms with van der Waals surface area (Å²) in [5, 5.41) is 3.41. The lowest BCUT2D eigenvalue weighted by Gasteiger charge is -2.24. The van der Waals surface area contributed by atoms with Crippen LogP contribution in [0.4, 0.5) is 0 Å². The van der Waals surface area contributed by atoms with E-state index in [9.17, 15) is 14.4 Å². The number of rotatable bonds is 2. The van der Waals surface area contributed by atoms with Gasteiger partial charge in [0.15, 0.2) is 0 Å². The molecule has 1 aromatic heterocycles. The van der Waals surface area contributed by atoms with E-state index in [0.717, 1.165) is 6.42 Å². The fourth-order valence-electron chi connectivity index (χ4n) is 2.59. The van der Waals surface area contributed by atoms with E-state index in [2.05, 4.69) is 10.3 Å². The van der Waals surface area contributed by atoms with E-state index in [-0.39, 0.29) is 17.9 Å². The Morgan fingerprint density at radius 3 is 2.28 bits per heavy atom. The lowest BCUT2D eigenvalue weighted by atomic mass is 10.1. The number of amides is 2. The summed E-state index contributed by atoms with van der Waals surface area (Å²) >= 11 is 0. The van der Waals surface area contributed by atoms with Crippen LogP contribution in [-0.2, 0) is 9.59 Å². The minimum absolute atomic E-state index is 0.232. The van der Waals surface area contributed by atoms with Gasteiger partial charge in [-0.05, 0) is 26.7 Å². The van der Waals surface area contributed by atoms with E-state index in [1.54, 1.807) is 19.9 Å². The van der Waals surface area contributed by atoms with Crippen molar-refractivity contribution in [2.75, 3.05) is 0 Å². The first kappa shape index (κ1) is 22.8. The Bertz CT molecular complexity index is 763. The van der Waals surface area contributed by atoms with Gasteiger partial charge in [-0.3, -0.25) is 24.3 Å². The molecule has 2 rings (SSSR count). The van der Waals surface area contributed by atoms with Crippen molar-refractivity contribution in [1.29, 1.82) is 0 Å². The molecule has 0 spiro atoms. The van der Waals surface area contributed by atoms with Crippen LogP contribution >= 0.6 is 0 Å². The Hall–Kier alpha value is -2.24. The lowest BCUT2D eigenvalue weighted by molar-refractivity contribution is -0.135. The van der Waals surface area contributed by atoms with Gasteiger partial charge in [0.1, 0.15) is 11.9 Å². The fraction of sp³-hybridized carbons (Fsp3) is 0.579. The molecule has 25 heavy (non-hydrogen) atoms. The first-order valence-electron chi connectivity index (χ1n) is 9.09. The predicted octanol–water partition coefficient (Wildman–Crippen LogP) is 1.57. The molecule has 140 valence electrons. The number of nitrogens with one attached hydrogen (secondary N) is 1. The summed E-state index contributed by atoms with van der Waals surface area (Å²) in [5.41, 5.74) is -0.237. The van der Waals surface area contributed by atoms with Crippen LogP contribution in [0.1, 0.15) is 72.7 Å². The summed E-state index contributed by atoms with van der Waals surface area (Å²) in [4.78, 5) is 40.3. The SMILES string of the molecule is C/C=c1/c(=O)n(C2CCC(=O)NC2=O)c(C)n/c1=C/CC.CC.CC. The molecule has 1 unspecified atom stereocenters. The minimum atomic E-state index is -0.669. The molecule has 0 radical (unpaired) electrons. The van der Waals surface area contributed by atoms with Gasteiger partial charge in [0.2, 0.25) is 11.8 Å². The topological polar surface area (TPSA) is 81.1 Å². The molecule has 2 heterocycles. The van der Waals surface area contributed by atoms with Gasteiger partial charge in [-0.15, -0.1) is 0 Å². The predicted molar refractivity (Wildman–Crippen MR) is 101 cm³/mol. The third-order valence-electron chi connectivity index (χ3n) is 3.56. The first-order chi connectivity index (χ1) is 12.0. The number of hydrogen-bond acceptors (Lipinski definition) is 4. The highest BCUT2D eigenvalue weighted by Crippen LogP contribution is 2.16. The van der Waals surface area contributed by atoms with Crippen molar-refractivity contribution < 1.29 is 9.59 Å². The van der Waals surface area contributed by atoms with Crippen molar-refractivity contribution in [2.45, 2.75) is 73.8 Å². The Morgan fingerprint density at radius 1 is 1.20 bits per heavy atom. The van der Waals surface area contributed by atoms with Gasteiger partial charge < -0.3 is 0 Å². The summed E-state index contributed by atoms with van der Waals surface area (Å²) in [6.07, 6.45) is 4.93. The second-order valence-corrected chi connectivity index (χ2v) is 5.00. The highest BCUT2D eigenvalue weighted by Gasteiger charge is 2.30. The van der Waals surface area contributed by atoms with Crippen LogP contribution in [0.3, 0.4) is 0 Å². The maximum absolute atomic E-state index is 12.6. The molecule has 1 N–H and O–H groups in total. The molecule has 1 saturated heterocycles. The number of aromatic nitrogens is 2. The van der Waals surface area contributed by atoms with Gasteiger partial charge >= 0.3 is 0 Å². The molecule has 0 aromatic carbocycles. The van der Waals surface area contributed by atoms with Gasteiger partial charge in [-0.25, -0.2) is 4.98 Å². The Labute approximate surface area is 149 Å². The normalized spacial score (nSPS) is 18.0. The number of piperidine rings is 1. The van der Waals surface area contributed by atoms with Gasteiger partial charge in [0, 0.05) is 6.42 Å². The standard InChI is InChI=1S/C15H19N3O3.2C2H6/c1-4-6-11-10(5-2)15(21)18(9(3)16-11)12-7-8-13(19)17-14(12)20;2*1-2/h5-6,12H,4,7-8H2,1-3H3,(H,17,19,20);2*1-2H3/b10-5+,11-6+;;. The highest BCUT2D eigenvalue weighted by atomic mass is 16.2. The van der Waals surface area contributed by atoms with Crippen molar-refractivity contribution in [3.05, 3.63) is 26.7 Å². The maximum atomic E-state index is 12.6. The zero-order valence-electron chi connectivity index (χ0n) is 16.5. The molecule has 2 amide bonds. The Morgan fingerprint density at radius 2 is 1.80 bits per heavy atom. The van der Waals surface area contributed by atoms with Crippen molar-refractivity contribution in [2.24, 2.45) is 0 Å². The zero-order valence-corrected chi connectivity index (χ0v) is 16.5. The van der Waals surface area contributed by atoms with Crippen molar-refractivity contribution in [1.82, 2.24) is 14.9 Å². The number of carbonyl (C=O) groups excluding carboxylic acids is 2. The van der Waals surface area contributed by atoms with E-state index < -0.39 is 11.9 Å². The first-order valence-corrected chi connectivity index (χ1v) is 9.09. The number of imide groups is 1. The molecular formula is C19H31N3O3. The van der Waals surface area contributed by atoms with Crippen LogP contribution in [0, 0.1) is 6.92 Å². The smallest absolute Gasteiger partial charge is 0.261 e. The molecule has 1 aromatic rings. The summed E-state index contributed by atoms with van der Waals surface area (Å²) in [7, 11) is 0. The number of carbonyl (C=O) groups is 2. The van der Waals surface area contributed by atoms with Crippen LogP contribution in [0.5, 0.6) is 0 Å². The third kappa shape index (κ3) is 5.37. The molecule has 1 aliphatic rings. The van der Waals surface area contributed by atoms with E-state index in [0.29, 0.717) is 22.8 Å². The van der Waals surface area contributed by atoms with E-state index >= 15 is 0 Å². The quantitative estimate of drug-likeness (QED) is 0.822. The van der Waals surface area contributed by atoms with Crippen molar-refractivity contribution >= 4 is 24.0 Å². The molecule has 6 nitrogen and oxygen atoms in total. The maximum Gasteiger partial charge on any atom is 0.261 e. The Kier molecular flexibility index (Phi) is 10.3. The van der Waals surface area contributed by atoms with Gasteiger partial charge in [0.25, 0.3) is 5.56 Å². The van der Waals surface area contributed by atoms with Gasteiger partial charge in [-0.1, -0.05) is 46.8 Å². The second-order valence-electron chi connectivity index (χ2n) is 5.00. The average molecular weight is 349 g/mol. The van der Waals surface area contributed by atoms with E-state index in [4.69, 9.17) is 0 Å². The van der Waals surface area contributed by atoms with Gasteiger partial charge in [-0.2, -0.15) is 0 Å². The average Bonchev–Trinajstić information content (AvgIpc) is 2.60. The zero-order chi connectivity index (χ0) is 19.6. The number of aryl methyl sites for hydroxylation is 1. The summed E-state index contributed by atoms with van der Waals surface area (Å²) in [6.45, 7) is 13.5. The van der Waals surface area contributed by atoms with Crippen LogP contribution in [0.15, 0.2) is 4.79 Å². The van der Waals surface area contributed by atoms with E-state index in [1.165, 1.54) is 4.57 Å². The molecule has 6 heteroatoms. The highest BCUT2D eigenvalue weighted by molar-refractivity contribution is 5.99. The summed E-state index contributed by atoms with van der Waals surface area (Å²) < 4.78 is 1.39. The molecule has 0 aliphatic carbocycles. The fourth-order valence-corrected chi connectivity index (χ4v) is 2.59. The summed E-state index contributed by atoms with van der Waals surface area (Å²) in [5.74, 6) is -0.250. The molecular weight excluding hydrogens is 318 g/mol. The largest absolute Gasteiger partial charge is 0.295 e. The minimum Gasteiger partial charge on any atom is -0.295 e. The van der Waals surface area contributed by atoms with Crippen LogP contribution < -0.4 is 21.4 Å². The third-order valence-corrected chi connectivity index (χ3v) is 3.56. The number of nitrogens with zero attached hydrogens (tertiary/aromatic N) is 2. The molecule has 0 saturated carbocycles. The second kappa shape index (κ2) is 11.3. The molecule has 1 atom stereocenters. The summed E-state index contributed by atoms with van der Waals surface area (Å²) in [6, 6.07) is -0.669. The molecule has 0 bridgehead atoms. The van der Waals surface area contributed by atoms with Crippen LogP contribution in [-0.4, -0.2) is 21.4 Å². The monoisotopic (exact) mass is 349 g/mol. The van der Waals surface area contributed by atoms with E-state index in [1.807, 2.05) is 40.7 Å². The molecule has 1 aliphatic heterocycles. The van der Waals surface area contributed by atoms with Crippen LogP contribution in [0.2, 0.25) is 0 Å². The Balaban J connectivity index is 0.00000134. The van der Waals surface area contributed by atoms with Crippen molar-refractivity contribution in [3.8, 4) is 0 Å². The van der Waals surface area contributed by atoms with Gasteiger partial charge in [0.05, 0.1) is 10.6 Å².